The van der Waals surface area contributed by atoms with Gasteiger partial charge in [0.25, 0.3) is 5.09 Å². The summed E-state index contributed by atoms with van der Waals surface area (Å²) in [7, 11) is 5.24. The number of carbonyl (C=O) groups is 3. The van der Waals surface area contributed by atoms with Gasteiger partial charge in [0, 0.05) is 29.4 Å². The van der Waals surface area contributed by atoms with Crippen molar-refractivity contribution in [1.29, 1.82) is 0 Å². The number of nitrogens with zero attached hydrogens (tertiary/aromatic N) is 2. The van der Waals surface area contributed by atoms with Crippen LogP contribution in [0.3, 0.4) is 0 Å². The van der Waals surface area contributed by atoms with Crippen molar-refractivity contribution >= 4 is 17.7 Å². The van der Waals surface area contributed by atoms with Crippen LogP contribution in [-0.4, -0.2) is 73.3 Å². The Morgan fingerprint density at radius 3 is 2.31 bits per heavy atom. The molecule has 0 amide bonds. The van der Waals surface area contributed by atoms with Gasteiger partial charge in [-0.05, 0) is 49.1 Å². The average molecular weight is 713 g/mol. The van der Waals surface area contributed by atoms with E-state index >= 15 is 8.78 Å². The minimum Gasteiger partial charge on any atom is -1.00 e. The molecule has 3 aliphatic carbocycles. The van der Waals surface area contributed by atoms with Crippen LogP contribution in [0.15, 0.2) is 12.1 Å². The van der Waals surface area contributed by atoms with Gasteiger partial charge < -0.3 is 47.9 Å². The predicted molar refractivity (Wildman–Crippen MR) is 141 cm³/mol. The summed E-state index contributed by atoms with van der Waals surface area (Å²) in [5.74, 6) is -8.29. The summed E-state index contributed by atoms with van der Waals surface area (Å²) < 4.78 is 41.0. The molecule has 0 saturated heterocycles. The number of likely N-dealkylation sites (N-methyl/N-ethyl adjacent to an activating group) is 1. The van der Waals surface area contributed by atoms with Crippen LogP contribution in [0.1, 0.15) is 69.4 Å². The van der Waals surface area contributed by atoms with E-state index in [1.54, 1.807) is 21.1 Å². The third-order valence-corrected chi connectivity index (χ3v) is 8.04. The lowest BCUT2D eigenvalue weighted by Gasteiger charge is -2.59. The number of rotatable bonds is 14. The number of phenols is 1. The van der Waals surface area contributed by atoms with Crippen LogP contribution in [0.25, 0.3) is 0 Å². The maximum absolute atomic E-state index is 15.2. The number of carbonyl (C=O) groups excluding carboxylic acids is 3. The first kappa shape index (κ1) is 35.6. The molecule has 0 radical (unpaired) electrons. The number of esters is 2. The van der Waals surface area contributed by atoms with Crippen molar-refractivity contribution in [3.8, 4) is 11.5 Å². The Kier molecular flexibility index (Phi) is 11.7. The summed E-state index contributed by atoms with van der Waals surface area (Å²) in [5, 5.41) is 20.2. The van der Waals surface area contributed by atoms with Gasteiger partial charge in [0.2, 0.25) is 0 Å². The molecular formula is C28H39F2IN2O9. The largest absolute Gasteiger partial charge is 1.00 e. The lowest BCUT2D eigenvalue weighted by atomic mass is 9.44. The number of ether oxygens (including phenoxy) is 2. The number of benzene rings is 1. The molecule has 1 aromatic carbocycles. The summed E-state index contributed by atoms with van der Waals surface area (Å²) in [6.07, 6.45) is 2.31. The Bertz CT molecular complexity index is 1190. The standard InChI is InChI=1S/C28H38F2N2O9.HI/c1-27(2)19-15-20(27)21(33)14-18(19)25-22(34)12-17(13-23(25)41-24(35)16-32(3,4)5)28(29,30)26(36)39-10-8-6-7-9-11-40-31(37)38;/h12-13,18-20H,6-11,14-16H2,1-5H3;1H/t18-,19+,20-;/m0./s1. The van der Waals surface area contributed by atoms with Crippen LogP contribution in [0.2, 0.25) is 0 Å². The van der Waals surface area contributed by atoms with Gasteiger partial charge in [-0.25, -0.2) is 9.59 Å². The van der Waals surface area contributed by atoms with Crippen LogP contribution < -0.4 is 28.7 Å². The van der Waals surface area contributed by atoms with Crippen LogP contribution in [0.4, 0.5) is 8.78 Å². The number of hydrogen-bond acceptors (Lipinski definition) is 9. The molecule has 0 aliphatic heterocycles. The summed E-state index contributed by atoms with van der Waals surface area (Å²) in [5.41, 5.74) is -1.15. The van der Waals surface area contributed by atoms with Crippen molar-refractivity contribution in [3.05, 3.63) is 33.4 Å². The number of unbranched alkanes of at least 4 members (excludes halogenated alkanes) is 3. The third kappa shape index (κ3) is 8.26. The monoisotopic (exact) mass is 712 g/mol. The zero-order chi connectivity index (χ0) is 30.8. The lowest BCUT2D eigenvalue weighted by molar-refractivity contribution is -0.862. The van der Waals surface area contributed by atoms with Gasteiger partial charge in [-0.1, -0.05) is 20.3 Å². The Balaban J connectivity index is 0.00000616. The fourth-order valence-corrected chi connectivity index (χ4v) is 5.86. The van der Waals surface area contributed by atoms with Gasteiger partial charge in [-0.15, -0.1) is 10.1 Å². The number of fused-ring (bicyclic) bond motifs is 2. The Morgan fingerprint density at radius 1 is 1.14 bits per heavy atom. The number of halogens is 3. The highest BCUT2D eigenvalue weighted by Gasteiger charge is 2.59. The highest BCUT2D eigenvalue weighted by molar-refractivity contribution is 5.86. The van der Waals surface area contributed by atoms with E-state index in [1.807, 2.05) is 13.8 Å². The molecule has 11 nitrogen and oxygen atoms in total. The number of aromatic hydroxyl groups is 1. The summed E-state index contributed by atoms with van der Waals surface area (Å²) in [6, 6.07) is 1.65. The average Bonchev–Trinajstić information content (AvgIpc) is 2.83. The molecule has 4 rings (SSSR count). The maximum Gasteiger partial charge on any atom is 0.381 e. The molecule has 0 heterocycles. The molecule has 14 heteroatoms. The van der Waals surface area contributed by atoms with Crippen LogP contribution in [-0.2, 0) is 29.9 Å². The third-order valence-electron chi connectivity index (χ3n) is 8.04. The van der Waals surface area contributed by atoms with Gasteiger partial charge in [0.1, 0.15) is 17.3 Å². The molecule has 3 aliphatic rings. The molecule has 0 unspecified atom stereocenters. The van der Waals surface area contributed by atoms with Crippen molar-refractivity contribution in [2.75, 3.05) is 40.9 Å². The van der Waals surface area contributed by atoms with Crippen molar-refractivity contribution in [2.24, 2.45) is 17.3 Å². The van der Waals surface area contributed by atoms with E-state index in [1.165, 1.54) is 0 Å². The van der Waals surface area contributed by atoms with Crippen molar-refractivity contribution in [1.82, 2.24) is 0 Å². The number of Topliss-reactive ketones (excluding diaryl/α,β-unsaturated/α-hetero) is 1. The second-order valence-electron chi connectivity index (χ2n) is 12.5. The van der Waals surface area contributed by atoms with E-state index in [0.717, 1.165) is 12.1 Å². The quantitative estimate of drug-likeness (QED) is 0.0572. The normalized spacial score (nSPS) is 21.0. The number of phenolic OH excluding ortho intramolecular Hbond substituents is 1. The highest BCUT2D eigenvalue weighted by Crippen LogP contribution is 2.64. The molecule has 3 fully saturated rings. The van der Waals surface area contributed by atoms with Crippen LogP contribution in [0.5, 0.6) is 11.5 Å². The summed E-state index contributed by atoms with van der Waals surface area (Å²) >= 11 is 0. The molecule has 0 spiro atoms. The van der Waals surface area contributed by atoms with E-state index in [0.29, 0.717) is 25.7 Å². The molecule has 236 valence electrons. The van der Waals surface area contributed by atoms with Crippen LogP contribution in [0, 0.1) is 27.4 Å². The van der Waals surface area contributed by atoms with Crippen molar-refractivity contribution in [2.45, 2.75) is 64.2 Å². The fourth-order valence-electron chi connectivity index (χ4n) is 5.86. The molecule has 3 atom stereocenters. The van der Waals surface area contributed by atoms with E-state index in [2.05, 4.69) is 4.84 Å². The molecule has 1 aromatic rings. The van der Waals surface area contributed by atoms with E-state index in [-0.39, 0.29) is 95.4 Å². The first-order valence-corrected chi connectivity index (χ1v) is 13.7. The number of hydrogen-bond donors (Lipinski definition) is 1. The Labute approximate surface area is 260 Å². The first-order valence-electron chi connectivity index (χ1n) is 13.7. The maximum atomic E-state index is 15.2. The van der Waals surface area contributed by atoms with E-state index in [4.69, 9.17) is 9.47 Å². The topological polar surface area (TPSA) is 142 Å². The Morgan fingerprint density at radius 2 is 1.76 bits per heavy atom. The number of ketones is 1. The number of quaternary nitrogens is 1. The first-order chi connectivity index (χ1) is 18.9. The van der Waals surface area contributed by atoms with Crippen molar-refractivity contribution in [3.63, 3.8) is 0 Å². The minimum atomic E-state index is -4.17. The van der Waals surface area contributed by atoms with Gasteiger partial charge in [0.15, 0.2) is 6.54 Å². The summed E-state index contributed by atoms with van der Waals surface area (Å²) in [4.78, 5) is 52.2. The second kappa shape index (κ2) is 13.8. The highest BCUT2D eigenvalue weighted by atomic mass is 127. The predicted octanol–water partition coefficient (Wildman–Crippen LogP) is 1.13. The Hall–Kier alpha value is -2.62. The smallest absolute Gasteiger partial charge is 0.381 e. The molecule has 0 aromatic heterocycles. The van der Waals surface area contributed by atoms with Crippen LogP contribution >= 0.6 is 0 Å². The second-order valence-corrected chi connectivity index (χ2v) is 12.5. The minimum absolute atomic E-state index is 0. The van der Waals surface area contributed by atoms with Crippen molar-refractivity contribution < 1.29 is 76.1 Å². The fraction of sp³-hybridized carbons (Fsp3) is 0.679. The zero-order valence-electron chi connectivity index (χ0n) is 24.5. The zero-order valence-corrected chi connectivity index (χ0v) is 26.6. The van der Waals surface area contributed by atoms with Gasteiger partial charge >= 0.3 is 17.9 Å². The number of alkyl halides is 2. The molecule has 2 bridgehead atoms. The van der Waals surface area contributed by atoms with Gasteiger partial charge in [0.05, 0.1) is 34.4 Å². The van der Waals surface area contributed by atoms with E-state index in [9.17, 15) is 29.6 Å². The lowest BCUT2D eigenvalue weighted by Crippen LogP contribution is -3.00. The summed E-state index contributed by atoms with van der Waals surface area (Å²) in [6.45, 7) is 3.42. The van der Waals surface area contributed by atoms with Gasteiger partial charge in [-0.2, -0.15) is 8.78 Å². The van der Waals surface area contributed by atoms with E-state index < -0.39 is 40.2 Å². The molecule has 42 heavy (non-hydrogen) atoms. The molecule has 3 saturated carbocycles. The molecule has 1 N–H and O–H groups in total. The molecular weight excluding hydrogens is 673 g/mol. The van der Waals surface area contributed by atoms with Gasteiger partial charge in [-0.3, -0.25) is 4.79 Å². The SMILES string of the molecule is CC1(C)[C@@H]2C[C@H]1C(=O)C[C@@H]2c1c(O)cc(C(F)(F)C(=O)OCCCCCCO[N+](=O)[O-])cc1OC(=O)C[N+](C)(C)C.[I-].